The van der Waals surface area contributed by atoms with Gasteiger partial charge in [0.05, 0.1) is 23.8 Å². The van der Waals surface area contributed by atoms with E-state index in [-0.39, 0.29) is 23.7 Å². The second-order valence-electron chi connectivity index (χ2n) is 5.38. The highest BCUT2D eigenvalue weighted by molar-refractivity contribution is 5.95. The topological polar surface area (TPSA) is 53.4 Å². The number of aromatic nitrogens is 1. The first kappa shape index (κ1) is 11.5. The molecule has 3 heterocycles. The van der Waals surface area contributed by atoms with Crippen LogP contribution in [0.1, 0.15) is 46.4 Å². The Morgan fingerprint density at radius 2 is 1.80 bits per heavy atom. The molecule has 1 amide bonds. The van der Waals surface area contributed by atoms with E-state index in [1.54, 1.807) is 0 Å². The number of fused-ring (bicyclic) bond motifs is 5. The molecule has 2 aliphatic heterocycles. The molecule has 4 heteroatoms. The molecule has 4 nitrogen and oxygen atoms in total. The Labute approximate surface area is 116 Å². The third kappa shape index (κ3) is 1.48. The lowest BCUT2D eigenvalue weighted by atomic mass is 9.92. The zero-order chi connectivity index (χ0) is 13.7. The number of nitrogens with zero attached hydrogens (tertiary/aromatic N) is 2. The summed E-state index contributed by atoms with van der Waals surface area (Å²) in [7, 11) is 0. The third-order valence-corrected chi connectivity index (χ3v) is 4.30. The predicted molar refractivity (Wildman–Crippen MR) is 73.2 cm³/mol. The van der Waals surface area contributed by atoms with Gasteiger partial charge in [0.15, 0.2) is 0 Å². The molecule has 1 aromatic heterocycles. The number of rotatable bonds is 1. The quantitative estimate of drug-likeness (QED) is 0.863. The molecule has 2 bridgehead atoms. The fourth-order valence-electron chi connectivity index (χ4n) is 3.52. The molecule has 1 N–H and O–H groups in total. The molecule has 1 fully saturated rings. The second kappa shape index (κ2) is 4.07. The number of hydrogen-bond donors (Lipinski definition) is 1. The molecule has 2 atom stereocenters. The summed E-state index contributed by atoms with van der Waals surface area (Å²) in [5.41, 5.74) is 2.99. The summed E-state index contributed by atoms with van der Waals surface area (Å²) in [4.78, 5) is 18.5. The minimum atomic E-state index is -0.0444. The molecule has 0 saturated carbocycles. The van der Waals surface area contributed by atoms with Gasteiger partial charge in [0.25, 0.3) is 5.91 Å². The van der Waals surface area contributed by atoms with Gasteiger partial charge in [-0.2, -0.15) is 0 Å². The predicted octanol–water partition coefficient (Wildman–Crippen LogP) is 2.82. The molecule has 2 aliphatic rings. The van der Waals surface area contributed by atoms with Gasteiger partial charge < -0.3 is 10.0 Å². The molecular weight excluding hydrogens is 252 g/mol. The van der Waals surface area contributed by atoms with Gasteiger partial charge in [-0.25, -0.2) is 0 Å². The molecule has 1 aromatic carbocycles. The molecule has 1 saturated heterocycles. The highest BCUT2D eigenvalue weighted by Crippen LogP contribution is 2.53. The van der Waals surface area contributed by atoms with Crippen LogP contribution < -0.4 is 0 Å². The van der Waals surface area contributed by atoms with E-state index in [0.717, 1.165) is 12.8 Å². The smallest absolute Gasteiger partial charge is 0.256 e. The van der Waals surface area contributed by atoms with Gasteiger partial charge in [-0.3, -0.25) is 9.78 Å². The van der Waals surface area contributed by atoms with Crippen molar-refractivity contribution in [2.45, 2.75) is 24.9 Å². The molecule has 20 heavy (non-hydrogen) atoms. The molecule has 0 aliphatic carbocycles. The van der Waals surface area contributed by atoms with Crippen LogP contribution in [-0.4, -0.2) is 20.9 Å². The highest BCUT2D eigenvalue weighted by atomic mass is 16.3. The Kier molecular flexibility index (Phi) is 2.33. The summed E-state index contributed by atoms with van der Waals surface area (Å²) in [6.07, 6.45) is 4.88. The summed E-state index contributed by atoms with van der Waals surface area (Å²) >= 11 is 0. The minimum absolute atomic E-state index is 0.0277. The molecule has 0 radical (unpaired) electrons. The average Bonchev–Trinajstić information content (AvgIpc) is 3.03. The lowest BCUT2D eigenvalue weighted by molar-refractivity contribution is 0.0696. The van der Waals surface area contributed by atoms with Crippen LogP contribution >= 0.6 is 0 Å². The van der Waals surface area contributed by atoms with Crippen LogP contribution in [0.4, 0.5) is 0 Å². The number of carbonyl (C=O) groups is 1. The van der Waals surface area contributed by atoms with Crippen LogP contribution in [-0.2, 0) is 0 Å². The lowest BCUT2D eigenvalue weighted by Gasteiger charge is -2.22. The zero-order valence-electron chi connectivity index (χ0n) is 10.9. The van der Waals surface area contributed by atoms with Gasteiger partial charge in [0, 0.05) is 6.20 Å². The van der Waals surface area contributed by atoms with Crippen molar-refractivity contribution in [3.05, 3.63) is 59.4 Å². The summed E-state index contributed by atoms with van der Waals surface area (Å²) in [5, 5.41) is 9.49. The van der Waals surface area contributed by atoms with Gasteiger partial charge in [-0.15, -0.1) is 0 Å². The second-order valence-corrected chi connectivity index (χ2v) is 5.38. The number of hydrogen-bond acceptors (Lipinski definition) is 3. The summed E-state index contributed by atoms with van der Waals surface area (Å²) in [6.45, 7) is 0. The van der Waals surface area contributed by atoms with Gasteiger partial charge in [0.2, 0.25) is 0 Å². The third-order valence-electron chi connectivity index (χ3n) is 4.30. The monoisotopic (exact) mass is 266 g/mol. The maximum atomic E-state index is 12.7. The maximum Gasteiger partial charge on any atom is 0.256 e. The SMILES string of the molecule is O=C(c1cncc(O)c1)N1C2CCC1c1ccccc12. The molecule has 100 valence electrons. The van der Waals surface area contributed by atoms with Crippen molar-refractivity contribution in [1.82, 2.24) is 9.88 Å². The van der Waals surface area contributed by atoms with E-state index in [9.17, 15) is 9.90 Å². The first-order valence-electron chi connectivity index (χ1n) is 6.81. The van der Waals surface area contributed by atoms with Crippen molar-refractivity contribution in [2.75, 3.05) is 0 Å². The van der Waals surface area contributed by atoms with E-state index in [1.807, 2.05) is 17.0 Å². The van der Waals surface area contributed by atoms with Gasteiger partial charge in [-0.1, -0.05) is 24.3 Å². The number of benzene rings is 1. The van der Waals surface area contributed by atoms with Crippen LogP contribution in [0.15, 0.2) is 42.7 Å². The lowest BCUT2D eigenvalue weighted by Crippen LogP contribution is -2.27. The minimum Gasteiger partial charge on any atom is -0.506 e. The largest absolute Gasteiger partial charge is 0.506 e. The number of aromatic hydroxyl groups is 1. The van der Waals surface area contributed by atoms with Crippen LogP contribution in [0.5, 0.6) is 5.75 Å². The summed E-state index contributed by atoms with van der Waals surface area (Å²) < 4.78 is 0. The van der Waals surface area contributed by atoms with Crippen LogP contribution in [0.25, 0.3) is 0 Å². The zero-order valence-corrected chi connectivity index (χ0v) is 10.9. The van der Waals surface area contributed by atoms with E-state index < -0.39 is 0 Å². The van der Waals surface area contributed by atoms with Crippen molar-refractivity contribution in [1.29, 1.82) is 0 Å². The Morgan fingerprint density at radius 1 is 1.15 bits per heavy atom. The van der Waals surface area contributed by atoms with Crippen LogP contribution in [0.2, 0.25) is 0 Å². The number of amides is 1. The van der Waals surface area contributed by atoms with E-state index in [1.165, 1.54) is 29.6 Å². The Balaban J connectivity index is 1.74. The first-order chi connectivity index (χ1) is 9.75. The summed E-state index contributed by atoms with van der Waals surface area (Å²) in [6, 6.07) is 10.1. The van der Waals surface area contributed by atoms with Crippen LogP contribution in [0, 0.1) is 0 Å². The summed E-state index contributed by atoms with van der Waals surface area (Å²) in [5.74, 6) is -0.0167. The maximum absolute atomic E-state index is 12.7. The Hall–Kier alpha value is -2.36. The Bertz CT molecular complexity index is 667. The van der Waals surface area contributed by atoms with Crippen molar-refractivity contribution < 1.29 is 9.90 Å². The molecule has 0 spiro atoms. The fourth-order valence-corrected chi connectivity index (χ4v) is 3.52. The fraction of sp³-hybridized carbons (Fsp3) is 0.250. The molecule has 4 rings (SSSR count). The van der Waals surface area contributed by atoms with Crippen molar-refractivity contribution in [3.63, 3.8) is 0 Å². The standard InChI is InChI=1S/C16H14N2O2/c19-11-7-10(8-17-9-11)16(20)18-14-5-6-15(18)13-4-2-1-3-12(13)14/h1-4,7-9,14-15,19H,5-6H2. The van der Waals surface area contributed by atoms with Crippen molar-refractivity contribution in [2.24, 2.45) is 0 Å². The van der Waals surface area contributed by atoms with Crippen LogP contribution in [0.3, 0.4) is 0 Å². The average molecular weight is 266 g/mol. The van der Waals surface area contributed by atoms with E-state index in [2.05, 4.69) is 17.1 Å². The van der Waals surface area contributed by atoms with Crippen molar-refractivity contribution >= 4 is 5.91 Å². The van der Waals surface area contributed by atoms with E-state index in [0.29, 0.717) is 5.56 Å². The first-order valence-corrected chi connectivity index (χ1v) is 6.81. The normalized spacial score (nSPS) is 22.9. The van der Waals surface area contributed by atoms with Gasteiger partial charge in [-0.05, 0) is 30.0 Å². The molecule has 2 aromatic rings. The van der Waals surface area contributed by atoms with Crippen molar-refractivity contribution in [3.8, 4) is 5.75 Å². The van der Waals surface area contributed by atoms with Gasteiger partial charge in [0.1, 0.15) is 5.75 Å². The van der Waals surface area contributed by atoms with Gasteiger partial charge >= 0.3 is 0 Å². The number of pyridine rings is 1. The Morgan fingerprint density at radius 3 is 2.40 bits per heavy atom. The number of carbonyl (C=O) groups excluding carboxylic acids is 1. The van der Waals surface area contributed by atoms with E-state index >= 15 is 0 Å². The highest BCUT2D eigenvalue weighted by Gasteiger charge is 2.46. The van der Waals surface area contributed by atoms with E-state index in [4.69, 9.17) is 0 Å². The molecule has 2 unspecified atom stereocenters. The molecular formula is C16H14N2O2.